The molecule has 4 atom stereocenters. The van der Waals surface area contributed by atoms with Gasteiger partial charge in [-0.2, -0.15) is 0 Å². The molecule has 1 aliphatic carbocycles. The Morgan fingerprint density at radius 2 is 1.62 bits per heavy atom. The molecule has 4 heteroatoms. The van der Waals surface area contributed by atoms with Crippen molar-refractivity contribution in [2.45, 2.75) is 97.7 Å². The van der Waals surface area contributed by atoms with Crippen LogP contribution in [-0.2, 0) is 9.22 Å². The summed E-state index contributed by atoms with van der Waals surface area (Å²) in [6.07, 6.45) is 5.37. The van der Waals surface area contributed by atoms with Gasteiger partial charge in [-0.3, -0.25) is 4.79 Å². The minimum Gasteiger partial charge on any atom is -0.518 e. The first-order chi connectivity index (χ1) is 13.3. The molecule has 0 aromatic rings. The van der Waals surface area contributed by atoms with Crippen molar-refractivity contribution in [3.63, 3.8) is 0 Å². The highest BCUT2D eigenvalue weighted by Crippen LogP contribution is 2.43. The van der Waals surface area contributed by atoms with Crippen LogP contribution in [0.25, 0.3) is 0 Å². The van der Waals surface area contributed by atoms with Crippen LogP contribution in [0.1, 0.15) is 75.7 Å². The predicted octanol–water partition coefficient (Wildman–Crippen LogP) is 8.05. The fourth-order valence-corrected chi connectivity index (χ4v) is 10.7. The van der Waals surface area contributed by atoms with E-state index in [1.165, 1.54) is 5.57 Å². The van der Waals surface area contributed by atoms with Crippen molar-refractivity contribution in [2.75, 3.05) is 0 Å². The Morgan fingerprint density at radius 1 is 1.14 bits per heavy atom. The summed E-state index contributed by atoms with van der Waals surface area (Å²) in [6, 6.07) is 0. The minimum atomic E-state index is -2.22. The van der Waals surface area contributed by atoms with Crippen molar-refractivity contribution in [2.24, 2.45) is 17.8 Å². The number of hydrogen-bond acceptors (Lipinski definition) is 2. The zero-order valence-corrected chi connectivity index (χ0v) is 22.1. The molecular weight excluding hydrogens is 396 g/mol. The second kappa shape index (κ2) is 10.5. The molecule has 0 aliphatic heterocycles. The van der Waals surface area contributed by atoms with Crippen molar-refractivity contribution >= 4 is 25.9 Å². The van der Waals surface area contributed by atoms with Gasteiger partial charge in [0.2, 0.25) is 0 Å². The number of carbonyl (C=O) groups is 1. The maximum atomic E-state index is 13.2. The number of hydrogen-bond donors (Lipinski definition) is 0. The van der Waals surface area contributed by atoms with Gasteiger partial charge in [0, 0.05) is 5.92 Å². The Morgan fingerprint density at radius 3 is 2.03 bits per heavy atom. The third kappa shape index (κ3) is 5.67. The van der Waals surface area contributed by atoms with Gasteiger partial charge in [-0.05, 0) is 48.4 Å². The molecule has 0 amide bonds. The first kappa shape index (κ1) is 26.2. The Bertz CT molecular complexity index is 638. The molecule has 0 fully saturated rings. The zero-order chi connectivity index (χ0) is 22.7. The summed E-state index contributed by atoms with van der Waals surface area (Å²) in [6.45, 7) is 25.6. The van der Waals surface area contributed by atoms with Gasteiger partial charge in [0.1, 0.15) is 0 Å². The lowest BCUT2D eigenvalue weighted by molar-refractivity contribution is -0.140. The van der Waals surface area contributed by atoms with Crippen molar-refractivity contribution in [3.8, 4) is 0 Å². The molecule has 0 unspecified atom stereocenters. The minimum absolute atomic E-state index is 0.0582. The molecule has 0 N–H and O–H groups in total. The average molecular weight is 439 g/mol. The maximum absolute atomic E-state index is 13.2. The Balaban J connectivity index is 3.11. The van der Waals surface area contributed by atoms with Crippen molar-refractivity contribution in [1.82, 2.24) is 0 Å². The molecule has 0 saturated heterocycles. The standard InChI is InChI=1S/C25H43ClO2Si/c1-15(2)22-13-12-19(9)23(24(22)26)14-20(10)21(11)25(27)28-29(16(3)4,17(5)6)18(7)8/h12,14,16-18,20-22,24H,1,13H2,2-11H3/b23-14+/t20-,21+,22+,24+/m0/s1. The Kier molecular flexibility index (Phi) is 9.48. The molecule has 0 saturated carbocycles. The van der Waals surface area contributed by atoms with Crippen molar-refractivity contribution < 1.29 is 9.22 Å². The molecule has 0 aromatic heterocycles. The zero-order valence-electron chi connectivity index (χ0n) is 20.3. The van der Waals surface area contributed by atoms with Crippen LogP contribution < -0.4 is 0 Å². The summed E-state index contributed by atoms with van der Waals surface area (Å²) in [5.74, 6) is 0.0535. The van der Waals surface area contributed by atoms with Crippen LogP contribution in [0.5, 0.6) is 0 Å². The van der Waals surface area contributed by atoms with Gasteiger partial charge in [0.25, 0.3) is 14.3 Å². The van der Waals surface area contributed by atoms with E-state index in [0.29, 0.717) is 16.6 Å². The molecule has 29 heavy (non-hydrogen) atoms. The first-order valence-corrected chi connectivity index (χ1v) is 13.8. The maximum Gasteiger partial charge on any atom is 0.295 e. The van der Waals surface area contributed by atoms with Crippen LogP contribution in [0.2, 0.25) is 16.6 Å². The van der Waals surface area contributed by atoms with E-state index >= 15 is 0 Å². The predicted molar refractivity (Wildman–Crippen MR) is 130 cm³/mol. The summed E-state index contributed by atoms with van der Waals surface area (Å²) >= 11 is 6.82. The number of allylic oxidation sites excluding steroid dienone is 5. The fourth-order valence-electron chi connectivity index (χ4n) is 4.91. The van der Waals surface area contributed by atoms with Crippen LogP contribution in [0.4, 0.5) is 0 Å². The molecule has 0 spiro atoms. The second-order valence-corrected chi connectivity index (χ2v) is 15.8. The highest BCUT2D eigenvalue weighted by Gasteiger charge is 2.48. The summed E-state index contributed by atoms with van der Waals surface area (Å²) in [4.78, 5) is 13.2. The number of halogens is 1. The lowest BCUT2D eigenvalue weighted by Crippen LogP contribution is -2.50. The van der Waals surface area contributed by atoms with Gasteiger partial charge in [-0.25, -0.2) is 0 Å². The van der Waals surface area contributed by atoms with Crippen LogP contribution in [0.3, 0.4) is 0 Å². The molecule has 1 rings (SSSR count). The van der Waals surface area contributed by atoms with Gasteiger partial charge >= 0.3 is 0 Å². The van der Waals surface area contributed by atoms with Crippen LogP contribution in [-0.4, -0.2) is 19.7 Å². The van der Waals surface area contributed by atoms with Crippen molar-refractivity contribution in [3.05, 3.63) is 35.5 Å². The van der Waals surface area contributed by atoms with E-state index in [4.69, 9.17) is 16.0 Å². The smallest absolute Gasteiger partial charge is 0.295 e. The number of alkyl halides is 1. The van der Waals surface area contributed by atoms with Gasteiger partial charge in [-0.1, -0.05) is 85.3 Å². The number of carbonyl (C=O) groups excluding carboxylic acids is 1. The van der Waals surface area contributed by atoms with Gasteiger partial charge in [0.15, 0.2) is 0 Å². The molecule has 0 radical (unpaired) electrons. The molecule has 0 aromatic carbocycles. The van der Waals surface area contributed by atoms with E-state index in [1.807, 2.05) is 13.8 Å². The third-order valence-electron chi connectivity index (χ3n) is 7.00. The topological polar surface area (TPSA) is 26.3 Å². The lowest BCUT2D eigenvalue weighted by atomic mass is 9.80. The van der Waals surface area contributed by atoms with Crippen LogP contribution in [0, 0.1) is 17.8 Å². The molecule has 0 heterocycles. The summed E-state index contributed by atoms with van der Waals surface area (Å²) in [5, 5.41) is -0.0846. The van der Waals surface area contributed by atoms with E-state index in [1.54, 1.807) is 0 Å². The van der Waals surface area contributed by atoms with Gasteiger partial charge in [-0.15, -0.1) is 11.6 Å². The normalized spacial score (nSPS) is 24.1. The summed E-state index contributed by atoms with van der Waals surface area (Å²) < 4.78 is 6.42. The molecular formula is C25H43ClO2Si. The highest BCUT2D eigenvalue weighted by atomic mass is 35.5. The van der Waals surface area contributed by atoms with Crippen LogP contribution >= 0.6 is 11.6 Å². The highest BCUT2D eigenvalue weighted by molar-refractivity contribution is 6.78. The molecule has 0 bridgehead atoms. The number of rotatable bonds is 8. The SMILES string of the molecule is C=C(C)[C@H]1CC=C(C)/C(=C\[C@H](C)[C@@H](C)C(=O)O[Si](C(C)C)(C(C)C)C(C)C)[C@@H]1Cl. The van der Waals surface area contributed by atoms with Crippen LogP contribution in [0.15, 0.2) is 35.5 Å². The third-order valence-corrected chi connectivity index (χ3v) is 13.5. The van der Waals surface area contributed by atoms with E-state index in [0.717, 1.165) is 17.6 Å². The van der Waals surface area contributed by atoms with E-state index in [-0.39, 0.29) is 29.1 Å². The van der Waals surface area contributed by atoms with Crippen molar-refractivity contribution in [1.29, 1.82) is 0 Å². The van der Waals surface area contributed by atoms with E-state index in [9.17, 15) is 4.79 Å². The van der Waals surface area contributed by atoms with Gasteiger partial charge < -0.3 is 4.43 Å². The second-order valence-electron chi connectivity index (χ2n) is 9.99. The van der Waals surface area contributed by atoms with E-state index in [2.05, 4.69) is 74.1 Å². The molecule has 1 aliphatic rings. The average Bonchev–Trinajstić information content (AvgIpc) is 2.60. The molecule has 166 valence electrons. The quantitative estimate of drug-likeness (QED) is 0.217. The monoisotopic (exact) mass is 438 g/mol. The largest absolute Gasteiger partial charge is 0.518 e. The Hall–Kier alpha value is -0.803. The first-order valence-electron chi connectivity index (χ1n) is 11.2. The van der Waals surface area contributed by atoms with E-state index < -0.39 is 8.32 Å². The Labute approximate surface area is 186 Å². The molecule has 2 nitrogen and oxygen atoms in total. The van der Waals surface area contributed by atoms with Gasteiger partial charge in [0.05, 0.1) is 11.3 Å². The fraction of sp³-hybridized carbons (Fsp3) is 0.720. The summed E-state index contributed by atoms with van der Waals surface area (Å²) in [5.41, 5.74) is 4.63. The summed E-state index contributed by atoms with van der Waals surface area (Å²) in [7, 11) is -2.22. The lowest BCUT2D eigenvalue weighted by Gasteiger charge is -2.42.